The third kappa shape index (κ3) is 1.00. The molecule has 0 amide bonds. The van der Waals surface area contributed by atoms with Gasteiger partial charge in [0.05, 0.1) is 0 Å². The van der Waals surface area contributed by atoms with E-state index >= 15 is 0 Å². The third-order valence-corrected chi connectivity index (χ3v) is 2.28. The number of carbonyl (C=O) groups is 1. The van der Waals surface area contributed by atoms with Gasteiger partial charge in [0.1, 0.15) is 6.61 Å². The van der Waals surface area contributed by atoms with Gasteiger partial charge in [0, 0.05) is 6.54 Å². The molecule has 0 unspecified atom stereocenters. The van der Waals surface area contributed by atoms with Gasteiger partial charge < -0.3 is 4.74 Å². The second-order valence-electron chi connectivity index (χ2n) is 2.25. The van der Waals surface area contributed by atoms with Crippen LogP contribution in [0.1, 0.15) is 0 Å². The molecular weight excluding hydrogens is 190 g/mol. The van der Waals surface area contributed by atoms with Gasteiger partial charge in [-0.1, -0.05) is 0 Å². The lowest BCUT2D eigenvalue weighted by Crippen LogP contribution is -2.68. The number of nitrogens with one attached hydrogen (secondary N) is 1. The monoisotopic (exact) mass is 195 g/mol. The Morgan fingerprint density at radius 1 is 1.42 bits per heavy atom. The molecule has 0 aromatic carbocycles. The fourth-order valence-electron chi connectivity index (χ4n) is 0.947. The van der Waals surface area contributed by atoms with Gasteiger partial charge in [-0.05, 0) is 0 Å². The maximum atomic E-state index is 10.9. The molecule has 0 aromatic heterocycles. The first-order valence-corrected chi connectivity index (χ1v) is 4.46. The Kier molecular flexibility index (Phi) is 1.43. The number of cyclic esters (lactones) is 1. The van der Waals surface area contributed by atoms with Crippen molar-refractivity contribution in [1.29, 1.82) is 0 Å². The number of hydrogen-bond acceptors (Lipinski definition) is 7. The molecule has 0 aromatic rings. The first-order chi connectivity index (χ1) is 5.54. The summed E-state index contributed by atoms with van der Waals surface area (Å²) in [6.45, 7) is 0.467. The van der Waals surface area contributed by atoms with Gasteiger partial charge in [-0.2, -0.15) is 16.8 Å². The van der Waals surface area contributed by atoms with Crippen LogP contribution < -0.4 is 5.32 Å². The molecule has 12 heavy (non-hydrogen) atoms. The van der Waals surface area contributed by atoms with E-state index in [-0.39, 0.29) is 6.61 Å². The van der Waals surface area contributed by atoms with E-state index in [0.717, 1.165) is 0 Å². The number of hydrogen-bond donors (Lipinski definition) is 1. The van der Waals surface area contributed by atoms with E-state index < -0.39 is 22.3 Å². The Hall–Kier alpha value is -0.700. The van der Waals surface area contributed by atoms with E-state index in [1.807, 2.05) is 0 Å². The maximum Gasteiger partial charge on any atom is 0.408 e. The first-order valence-electron chi connectivity index (χ1n) is 3.13. The van der Waals surface area contributed by atoms with Crippen LogP contribution in [0.25, 0.3) is 0 Å². The molecule has 2 aliphatic heterocycles. The van der Waals surface area contributed by atoms with Crippen LogP contribution in [0.4, 0.5) is 0 Å². The minimum atomic E-state index is -3.99. The number of morpholine rings is 1. The van der Waals surface area contributed by atoms with Crippen LogP contribution in [0.2, 0.25) is 0 Å². The number of rotatable bonds is 0. The molecule has 0 radical (unpaired) electrons. The van der Waals surface area contributed by atoms with Gasteiger partial charge in [-0.15, -0.1) is 0 Å². The van der Waals surface area contributed by atoms with Crippen LogP contribution in [0, 0.1) is 0 Å². The summed E-state index contributed by atoms with van der Waals surface area (Å²) in [5.41, 5.74) is 0. The Balaban J connectivity index is 2.18. The standard InChI is InChI=1S/C4H5NO6S/c6-3-4(5-1-2-9-3)10-12(7,8)11-4/h5H,1-2H2. The molecule has 2 fully saturated rings. The molecule has 2 saturated heterocycles. The zero-order valence-electron chi connectivity index (χ0n) is 5.77. The van der Waals surface area contributed by atoms with Crippen molar-refractivity contribution in [2.45, 2.75) is 5.91 Å². The zero-order chi connectivity index (χ0) is 8.82. The van der Waals surface area contributed by atoms with Crippen LogP contribution >= 0.6 is 0 Å². The van der Waals surface area contributed by atoms with E-state index in [0.29, 0.717) is 6.54 Å². The van der Waals surface area contributed by atoms with Crippen LogP contribution in [-0.4, -0.2) is 33.4 Å². The Morgan fingerprint density at radius 2 is 2.08 bits per heavy atom. The van der Waals surface area contributed by atoms with Crippen molar-refractivity contribution in [3.8, 4) is 0 Å². The summed E-state index contributed by atoms with van der Waals surface area (Å²) in [5.74, 6) is -2.78. The van der Waals surface area contributed by atoms with Crippen molar-refractivity contribution in [2.75, 3.05) is 13.2 Å². The fourth-order valence-corrected chi connectivity index (χ4v) is 1.79. The van der Waals surface area contributed by atoms with Crippen LogP contribution in [0.15, 0.2) is 0 Å². The second kappa shape index (κ2) is 2.16. The smallest absolute Gasteiger partial charge is 0.408 e. The summed E-state index contributed by atoms with van der Waals surface area (Å²) in [5, 5.41) is 2.44. The normalized spacial score (nSPS) is 30.8. The van der Waals surface area contributed by atoms with Gasteiger partial charge in [0.15, 0.2) is 0 Å². The molecule has 2 aliphatic rings. The van der Waals surface area contributed by atoms with Crippen LogP contribution in [-0.2, 0) is 28.3 Å². The zero-order valence-corrected chi connectivity index (χ0v) is 6.59. The van der Waals surface area contributed by atoms with Crippen molar-refractivity contribution in [1.82, 2.24) is 5.32 Å². The van der Waals surface area contributed by atoms with Crippen molar-refractivity contribution in [2.24, 2.45) is 0 Å². The average Bonchev–Trinajstić information content (AvgIpc) is 1.91. The first kappa shape index (κ1) is 7.92. The number of carbonyl (C=O) groups excluding carboxylic acids is 1. The fraction of sp³-hybridized carbons (Fsp3) is 0.750. The lowest BCUT2D eigenvalue weighted by Gasteiger charge is -2.38. The van der Waals surface area contributed by atoms with Crippen LogP contribution in [0.3, 0.4) is 0 Å². The SMILES string of the molecule is O=C1OCCNC12OS(=O)(=O)O2. The van der Waals surface area contributed by atoms with Crippen LogP contribution in [0.5, 0.6) is 0 Å². The van der Waals surface area contributed by atoms with E-state index in [1.54, 1.807) is 0 Å². The molecule has 0 saturated carbocycles. The number of esters is 1. The van der Waals surface area contributed by atoms with Gasteiger partial charge in [-0.25, -0.2) is 4.79 Å². The maximum absolute atomic E-state index is 10.9. The summed E-state index contributed by atoms with van der Waals surface area (Å²) in [4.78, 5) is 10.9. The molecule has 1 spiro atoms. The summed E-state index contributed by atoms with van der Waals surface area (Å²) in [6, 6.07) is 0. The molecule has 0 aliphatic carbocycles. The highest BCUT2D eigenvalue weighted by molar-refractivity contribution is 7.82. The molecular formula is C4H5NO6S. The lowest BCUT2D eigenvalue weighted by molar-refractivity contribution is -0.242. The van der Waals surface area contributed by atoms with Crippen molar-refractivity contribution in [3.05, 3.63) is 0 Å². The molecule has 68 valence electrons. The van der Waals surface area contributed by atoms with E-state index in [4.69, 9.17) is 0 Å². The van der Waals surface area contributed by atoms with Gasteiger partial charge in [-0.3, -0.25) is 5.32 Å². The molecule has 8 heteroatoms. The summed E-state index contributed by atoms with van der Waals surface area (Å²) in [6.07, 6.45) is 0. The Morgan fingerprint density at radius 3 is 2.58 bits per heavy atom. The van der Waals surface area contributed by atoms with E-state index in [2.05, 4.69) is 18.4 Å². The quantitative estimate of drug-likeness (QED) is 0.450. The average molecular weight is 195 g/mol. The minimum Gasteiger partial charge on any atom is -0.459 e. The number of ether oxygens (including phenoxy) is 1. The lowest BCUT2D eigenvalue weighted by atomic mass is 10.4. The van der Waals surface area contributed by atoms with Gasteiger partial charge in [0.2, 0.25) is 0 Å². The molecule has 2 rings (SSSR count). The van der Waals surface area contributed by atoms with E-state index in [9.17, 15) is 13.2 Å². The van der Waals surface area contributed by atoms with Crippen molar-refractivity contribution < 1.29 is 26.3 Å². The molecule has 7 nitrogen and oxygen atoms in total. The predicted octanol–water partition coefficient (Wildman–Crippen LogP) is -1.92. The summed E-state index contributed by atoms with van der Waals surface area (Å²) >= 11 is 0. The topological polar surface area (TPSA) is 90.9 Å². The highest BCUT2D eigenvalue weighted by atomic mass is 32.3. The summed E-state index contributed by atoms with van der Waals surface area (Å²) in [7, 11) is -3.99. The molecule has 0 atom stereocenters. The Labute approximate surface area is 67.9 Å². The molecule has 2 heterocycles. The molecule has 0 bridgehead atoms. The van der Waals surface area contributed by atoms with Gasteiger partial charge >= 0.3 is 22.3 Å². The second-order valence-corrected chi connectivity index (χ2v) is 3.40. The highest BCUT2D eigenvalue weighted by Crippen LogP contribution is 2.30. The van der Waals surface area contributed by atoms with E-state index in [1.165, 1.54) is 0 Å². The predicted molar refractivity (Wildman–Crippen MR) is 32.8 cm³/mol. The Bertz CT molecular complexity index is 308. The molecule has 1 N–H and O–H groups in total. The summed E-state index contributed by atoms with van der Waals surface area (Å²) < 4.78 is 33.8. The minimum absolute atomic E-state index is 0.174. The third-order valence-electron chi connectivity index (χ3n) is 1.40. The van der Waals surface area contributed by atoms with Crippen molar-refractivity contribution >= 4 is 16.4 Å². The largest absolute Gasteiger partial charge is 0.459 e. The van der Waals surface area contributed by atoms with Gasteiger partial charge in [0.25, 0.3) is 0 Å². The van der Waals surface area contributed by atoms with Crippen molar-refractivity contribution in [3.63, 3.8) is 0 Å². The highest BCUT2D eigenvalue weighted by Gasteiger charge is 2.61.